The average molecular weight is 348 g/mol. The summed E-state index contributed by atoms with van der Waals surface area (Å²) >= 11 is 0. The van der Waals surface area contributed by atoms with Crippen molar-refractivity contribution < 1.29 is 14.3 Å². The van der Waals surface area contributed by atoms with Crippen LogP contribution in [0.3, 0.4) is 0 Å². The van der Waals surface area contributed by atoms with Crippen molar-refractivity contribution in [2.75, 3.05) is 44.2 Å². The van der Waals surface area contributed by atoms with Gasteiger partial charge in [0.05, 0.1) is 6.61 Å². The van der Waals surface area contributed by atoms with E-state index in [0.717, 1.165) is 24.9 Å². The molecule has 25 heavy (non-hydrogen) atoms. The van der Waals surface area contributed by atoms with Gasteiger partial charge in [0.25, 0.3) is 5.91 Å². The summed E-state index contributed by atoms with van der Waals surface area (Å²) in [4.78, 5) is 32.0. The van der Waals surface area contributed by atoms with Crippen molar-refractivity contribution in [1.82, 2.24) is 15.2 Å². The number of hydrogen-bond acceptors (Lipinski definition) is 5. The fraction of sp³-hybridized carbons (Fsp3) is 0.611. The Labute approximate surface area is 149 Å². The van der Waals surface area contributed by atoms with Gasteiger partial charge in [-0.15, -0.1) is 0 Å². The first-order chi connectivity index (χ1) is 12.2. The number of nitrogens with one attached hydrogen (secondary N) is 1. The minimum Gasteiger partial charge on any atom is -0.450 e. The standard InChI is InChI=1S/C18H28N4O3/c1-3-5-6-8-20-17(23)16-14-15(7-9-19-16)21-10-12-22(13-11-21)18(24)25-4-2/h7,9,14H,3-6,8,10-13H2,1-2H3,(H,20,23). The van der Waals surface area contributed by atoms with E-state index in [0.29, 0.717) is 45.0 Å². The van der Waals surface area contributed by atoms with Crippen LogP contribution in [0, 0.1) is 0 Å². The molecule has 0 radical (unpaired) electrons. The maximum atomic E-state index is 12.2. The van der Waals surface area contributed by atoms with E-state index in [1.54, 1.807) is 18.0 Å². The lowest BCUT2D eigenvalue weighted by Gasteiger charge is -2.35. The zero-order valence-corrected chi connectivity index (χ0v) is 15.2. The monoisotopic (exact) mass is 348 g/mol. The topological polar surface area (TPSA) is 74.8 Å². The van der Waals surface area contributed by atoms with Crippen LogP contribution >= 0.6 is 0 Å². The lowest BCUT2D eigenvalue weighted by Crippen LogP contribution is -2.49. The summed E-state index contributed by atoms with van der Waals surface area (Å²) < 4.78 is 5.03. The molecule has 2 amide bonds. The minimum absolute atomic E-state index is 0.136. The molecule has 1 aliphatic heterocycles. The second-order valence-corrected chi connectivity index (χ2v) is 6.04. The molecule has 1 fully saturated rings. The normalized spacial score (nSPS) is 14.3. The number of unbranched alkanes of at least 4 members (excludes halogenated alkanes) is 2. The van der Waals surface area contributed by atoms with Crippen molar-refractivity contribution >= 4 is 17.7 Å². The Morgan fingerprint density at radius 3 is 2.64 bits per heavy atom. The van der Waals surface area contributed by atoms with Gasteiger partial charge in [-0.25, -0.2) is 4.79 Å². The molecule has 7 heteroatoms. The average Bonchev–Trinajstić information content (AvgIpc) is 2.65. The van der Waals surface area contributed by atoms with Crippen LogP contribution in [-0.2, 0) is 4.74 Å². The van der Waals surface area contributed by atoms with Crippen molar-refractivity contribution in [2.24, 2.45) is 0 Å². The molecule has 0 atom stereocenters. The summed E-state index contributed by atoms with van der Waals surface area (Å²) in [6.45, 7) is 7.64. The Kier molecular flexibility index (Phi) is 7.50. The van der Waals surface area contributed by atoms with Gasteiger partial charge in [-0.3, -0.25) is 9.78 Å². The maximum absolute atomic E-state index is 12.2. The fourth-order valence-electron chi connectivity index (χ4n) is 2.77. The second kappa shape index (κ2) is 9.86. The molecular weight excluding hydrogens is 320 g/mol. The lowest BCUT2D eigenvalue weighted by molar-refractivity contribution is 0.0947. The van der Waals surface area contributed by atoms with E-state index in [-0.39, 0.29) is 12.0 Å². The molecule has 7 nitrogen and oxygen atoms in total. The molecule has 1 aromatic rings. The number of aromatic nitrogens is 1. The Hall–Kier alpha value is -2.31. The number of carbonyl (C=O) groups excluding carboxylic acids is 2. The molecule has 1 saturated heterocycles. The highest BCUT2D eigenvalue weighted by atomic mass is 16.6. The number of anilines is 1. The van der Waals surface area contributed by atoms with Gasteiger partial charge in [-0.2, -0.15) is 0 Å². The number of piperazine rings is 1. The molecule has 0 aliphatic carbocycles. The third-order valence-electron chi connectivity index (χ3n) is 4.21. The summed E-state index contributed by atoms with van der Waals surface area (Å²) in [7, 11) is 0. The van der Waals surface area contributed by atoms with E-state index in [1.165, 1.54) is 0 Å². The zero-order chi connectivity index (χ0) is 18.1. The predicted molar refractivity (Wildman–Crippen MR) is 96.9 cm³/mol. The maximum Gasteiger partial charge on any atom is 0.409 e. The second-order valence-electron chi connectivity index (χ2n) is 6.04. The highest BCUT2D eigenvalue weighted by Crippen LogP contribution is 2.17. The molecule has 0 bridgehead atoms. The van der Waals surface area contributed by atoms with E-state index < -0.39 is 0 Å². The number of rotatable bonds is 7. The van der Waals surface area contributed by atoms with Crippen LogP contribution in [0.4, 0.5) is 10.5 Å². The highest BCUT2D eigenvalue weighted by molar-refractivity contribution is 5.93. The summed E-state index contributed by atoms with van der Waals surface area (Å²) in [5.41, 5.74) is 1.39. The molecule has 2 rings (SSSR count). The van der Waals surface area contributed by atoms with E-state index in [9.17, 15) is 9.59 Å². The molecule has 1 aliphatic rings. The number of amides is 2. The van der Waals surface area contributed by atoms with Crippen LogP contribution in [0.1, 0.15) is 43.6 Å². The molecular formula is C18H28N4O3. The first-order valence-electron chi connectivity index (χ1n) is 9.06. The fourth-order valence-corrected chi connectivity index (χ4v) is 2.77. The summed E-state index contributed by atoms with van der Waals surface area (Å²) in [6.07, 6.45) is 4.62. The molecule has 138 valence electrons. The first-order valence-corrected chi connectivity index (χ1v) is 9.06. The molecule has 0 saturated carbocycles. The van der Waals surface area contributed by atoms with Gasteiger partial charge in [-0.1, -0.05) is 19.8 Å². The van der Waals surface area contributed by atoms with Gasteiger partial charge in [0.15, 0.2) is 0 Å². The first kappa shape index (κ1) is 19.0. The Morgan fingerprint density at radius 2 is 1.96 bits per heavy atom. The van der Waals surface area contributed by atoms with Crippen LogP contribution in [-0.4, -0.2) is 61.2 Å². The summed E-state index contributed by atoms with van der Waals surface area (Å²) in [5, 5.41) is 2.91. The van der Waals surface area contributed by atoms with E-state index >= 15 is 0 Å². The number of nitrogens with zero attached hydrogens (tertiary/aromatic N) is 3. The van der Waals surface area contributed by atoms with Gasteiger partial charge in [0.1, 0.15) is 5.69 Å². The zero-order valence-electron chi connectivity index (χ0n) is 15.2. The van der Waals surface area contributed by atoms with Crippen LogP contribution < -0.4 is 10.2 Å². The smallest absolute Gasteiger partial charge is 0.409 e. The molecule has 0 spiro atoms. The lowest BCUT2D eigenvalue weighted by atomic mass is 10.2. The van der Waals surface area contributed by atoms with Crippen LogP contribution in [0.2, 0.25) is 0 Å². The van der Waals surface area contributed by atoms with Gasteiger partial charge in [0.2, 0.25) is 0 Å². The van der Waals surface area contributed by atoms with Crippen molar-refractivity contribution in [3.8, 4) is 0 Å². The van der Waals surface area contributed by atoms with E-state index in [1.807, 2.05) is 12.1 Å². The molecule has 1 N–H and O–H groups in total. The quantitative estimate of drug-likeness (QED) is 0.765. The summed E-state index contributed by atoms with van der Waals surface area (Å²) in [5.74, 6) is -0.136. The van der Waals surface area contributed by atoms with Gasteiger partial charge in [0, 0.05) is 44.6 Å². The van der Waals surface area contributed by atoms with Gasteiger partial charge >= 0.3 is 6.09 Å². The Balaban J connectivity index is 1.89. The molecule has 1 aromatic heterocycles. The predicted octanol–water partition coefficient (Wildman–Crippen LogP) is 2.28. The minimum atomic E-state index is -0.260. The van der Waals surface area contributed by atoms with E-state index in [4.69, 9.17) is 4.74 Å². The van der Waals surface area contributed by atoms with Crippen LogP contribution in [0.25, 0.3) is 0 Å². The van der Waals surface area contributed by atoms with Crippen molar-refractivity contribution in [1.29, 1.82) is 0 Å². The Bertz CT molecular complexity index is 571. The van der Waals surface area contributed by atoms with Crippen LogP contribution in [0.5, 0.6) is 0 Å². The van der Waals surface area contributed by atoms with E-state index in [2.05, 4.69) is 22.1 Å². The molecule has 2 heterocycles. The Morgan fingerprint density at radius 1 is 1.20 bits per heavy atom. The number of hydrogen-bond donors (Lipinski definition) is 1. The third kappa shape index (κ3) is 5.62. The number of carbonyl (C=O) groups is 2. The number of ether oxygens (including phenoxy) is 1. The van der Waals surface area contributed by atoms with Crippen molar-refractivity contribution in [3.05, 3.63) is 24.0 Å². The number of pyridine rings is 1. The SMILES string of the molecule is CCCCCNC(=O)c1cc(N2CCN(C(=O)OCC)CC2)ccn1. The largest absolute Gasteiger partial charge is 0.450 e. The summed E-state index contributed by atoms with van der Waals surface area (Å²) in [6, 6.07) is 3.71. The molecule has 0 unspecified atom stereocenters. The van der Waals surface area contributed by atoms with Crippen LogP contribution in [0.15, 0.2) is 18.3 Å². The third-order valence-corrected chi connectivity index (χ3v) is 4.21. The van der Waals surface area contributed by atoms with Gasteiger partial charge < -0.3 is 19.9 Å². The van der Waals surface area contributed by atoms with Crippen molar-refractivity contribution in [3.63, 3.8) is 0 Å². The van der Waals surface area contributed by atoms with Crippen molar-refractivity contribution in [2.45, 2.75) is 33.1 Å². The highest BCUT2D eigenvalue weighted by Gasteiger charge is 2.22. The van der Waals surface area contributed by atoms with Gasteiger partial charge in [-0.05, 0) is 25.5 Å². The molecule has 0 aromatic carbocycles.